The molecule has 4 nitrogen and oxygen atoms in total. The Morgan fingerprint density at radius 2 is 1.92 bits per heavy atom. The van der Waals surface area contributed by atoms with Gasteiger partial charge >= 0.3 is 0 Å². The summed E-state index contributed by atoms with van der Waals surface area (Å²) in [6.45, 7) is 3.03. The first-order valence-electron chi connectivity index (χ1n) is 8.97. The molecule has 1 atom stereocenters. The van der Waals surface area contributed by atoms with Crippen molar-refractivity contribution in [1.82, 2.24) is 10.2 Å². The monoisotopic (exact) mass is 338 g/mol. The maximum absolute atomic E-state index is 13.0. The van der Waals surface area contributed by atoms with Gasteiger partial charge < -0.3 is 15.0 Å². The summed E-state index contributed by atoms with van der Waals surface area (Å²) in [7, 11) is 1.97. The van der Waals surface area contributed by atoms with Crippen LogP contribution in [0.25, 0.3) is 0 Å². The van der Waals surface area contributed by atoms with Gasteiger partial charge in [-0.15, -0.1) is 0 Å². The van der Waals surface area contributed by atoms with Crippen molar-refractivity contribution in [2.24, 2.45) is 5.92 Å². The summed E-state index contributed by atoms with van der Waals surface area (Å²) in [5.41, 5.74) is 1.69. The van der Waals surface area contributed by atoms with Gasteiger partial charge in [-0.2, -0.15) is 0 Å². The Labute approximate surface area is 149 Å². The number of para-hydroxylation sites is 1. The Morgan fingerprint density at radius 3 is 2.72 bits per heavy atom. The van der Waals surface area contributed by atoms with E-state index < -0.39 is 0 Å². The van der Waals surface area contributed by atoms with Gasteiger partial charge in [0.15, 0.2) is 0 Å². The van der Waals surface area contributed by atoms with Gasteiger partial charge in [0, 0.05) is 24.2 Å². The molecule has 2 aromatic rings. The summed E-state index contributed by atoms with van der Waals surface area (Å²) in [5, 5.41) is 3.23. The third-order valence-corrected chi connectivity index (χ3v) is 4.68. The molecule has 25 heavy (non-hydrogen) atoms. The van der Waals surface area contributed by atoms with Crippen molar-refractivity contribution in [2.45, 2.75) is 19.4 Å². The molecular formula is C21H26N2O2. The molecular weight excluding hydrogens is 312 g/mol. The number of piperidine rings is 1. The Kier molecular flexibility index (Phi) is 6.07. The normalized spacial score (nSPS) is 17.3. The van der Waals surface area contributed by atoms with Gasteiger partial charge in [0.2, 0.25) is 0 Å². The molecule has 2 aromatic carbocycles. The second kappa shape index (κ2) is 8.67. The van der Waals surface area contributed by atoms with Crippen LogP contribution in [-0.2, 0) is 6.61 Å². The zero-order valence-electron chi connectivity index (χ0n) is 14.8. The molecule has 1 fully saturated rings. The van der Waals surface area contributed by atoms with Crippen molar-refractivity contribution in [3.8, 4) is 5.75 Å². The van der Waals surface area contributed by atoms with Gasteiger partial charge in [0.05, 0.1) is 0 Å². The molecule has 0 radical (unpaired) electrons. The van der Waals surface area contributed by atoms with Crippen LogP contribution in [0.2, 0.25) is 0 Å². The minimum absolute atomic E-state index is 0.119. The average Bonchev–Trinajstić information content (AvgIpc) is 2.67. The van der Waals surface area contributed by atoms with Crippen LogP contribution in [0.4, 0.5) is 0 Å². The lowest BCUT2D eigenvalue weighted by atomic mass is 9.96. The van der Waals surface area contributed by atoms with E-state index in [2.05, 4.69) is 5.32 Å². The van der Waals surface area contributed by atoms with Crippen LogP contribution in [0.1, 0.15) is 28.8 Å². The maximum Gasteiger partial charge on any atom is 0.254 e. The Morgan fingerprint density at radius 1 is 1.16 bits per heavy atom. The molecule has 1 amide bonds. The van der Waals surface area contributed by atoms with Crippen LogP contribution < -0.4 is 10.1 Å². The smallest absolute Gasteiger partial charge is 0.254 e. The topological polar surface area (TPSA) is 41.6 Å². The first-order chi connectivity index (χ1) is 12.3. The van der Waals surface area contributed by atoms with E-state index in [1.807, 2.05) is 66.5 Å². The first-order valence-corrected chi connectivity index (χ1v) is 8.97. The van der Waals surface area contributed by atoms with E-state index in [1.54, 1.807) is 0 Å². The second-order valence-electron chi connectivity index (χ2n) is 6.58. The summed E-state index contributed by atoms with van der Waals surface area (Å²) in [6, 6.07) is 17.5. The zero-order chi connectivity index (χ0) is 17.5. The number of nitrogens with one attached hydrogen (secondary N) is 1. The van der Waals surface area contributed by atoms with E-state index >= 15 is 0 Å². The third kappa shape index (κ3) is 4.60. The Hall–Kier alpha value is -2.33. The van der Waals surface area contributed by atoms with Crippen molar-refractivity contribution in [3.63, 3.8) is 0 Å². The number of amides is 1. The van der Waals surface area contributed by atoms with E-state index in [1.165, 1.54) is 6.42 Å². The molecule has 4 heteroatoms. The van der Waals surface area contributed by atoms with Gasteiger partial charge in [-0.3, -0.25) is 4.79 Å². The SMILES string of the molecule is CNCC1CCCN(C(=O)c2ccccc2COc2ccccc2)C1. The fourth-order valence-corrected chi connectivity index (χ4v) is 3.41. The highest BCUT2D eigenvalue weighted by Crippen LogP contribution is 2.21. The lowest BCUT2D eigenvalue weighted by Crippen LogP contribution is -2.42. The molecule has 0 aromatic heterocycles. The molecule has 1 aliphatic heterocycles. The van der Waals surface area contributed by atoms with Crippen molar-refractivity contribution >= 4 is 5.91 Å². The minimum Gasteiger partial charge on any atom is -0.489 e. The molecule has 0 aliphatic carbocycles. The number of hydrogen-bond acceptors (Lipinski definition) is 3. The second-order valence-corrected chi connectivity index (χ2v) is 6.58. The summed E-state index contributed by atoms with van der Waals surface area (Å²) in [5.74, 6) is 1.47. The highest BCUT2D eigenvalue weighted by atomic mass is 16.5. The number of carbonyl (C=O) groups is 1. The average molecular weight is 338 g/mol. The number of hydrogen-bond donors (Lipinski definition) is 1. The molecule has 0 spiro atoms. The van der Waals surface area contributed by atoms with Crippen molar-refractivity contribution in [1.29, 1.82) is 0 Å². The summed E-state index contributed by atoms with van der Waals surface area (Å²) in [4.78, 5) is 15.0. The fourth-order valence-electron chi connectivity index (χ4n) is 3.41. The van der Waals surface area contributed by atoms with E-state index in [-0.39, 0.29) is 5.91 Å². The van der Waals surface area contributed by atoms with Crippen LogP contribution in [0, 0.1) is 5.92 Å². The van der Waals surface area contributed by atoms with E-state index in [0.717, 1.165) is 42.9 Å². The molecule has 132 valence electrons. The number of ether oxygens (including phenoxy) is 1. The lowest BCUT2D eigenvalue weighted by Gasteiger charge is -2.33. The molecule has 1 heterocycles. The van der Waals surface area contributed by atoms with Crippen molar-refractivity contribution in [2.75, 3.05) is 26.7 Å². The molecule has 1 unspecified atom stereocenters. The van der Waals surface area contributed by atoms with Gasteiger partial charge in [-0.25, -0.2) is 0 Å². The molecule has 0 saturated carbocycles. The van der Waals surface area contributed by atoms with Crippen LogP contribution in [0.5, 0.6) is 5.75 Å². The first kappa shape index (κ1) is 17.5. The predicted molar refractivity (Wildman–Crippen MR) is 99.8 cm³/mol. The fraction of sp³-hybridized carbons (Fsp3) is 0.381. The summed E-state index contributed by atoms with van der Waals surface area (Å²) < 4.78 is 5.85. The molecule has 1 saturated heterocycles. The van der Waals surface area contributed by atoms with Gasteiger partial charge in [0.25, 0.3) is 5.91 Å². The van der Waals surface area contributed by atoms with Crippen LogP contribution in [0.3, 0.4) is 0 Å². The number of likely N-dealkylation sites (tertiary alicyclic amines) is 1. The molecule has 1 N–H and O–H groups in total. The number of nitrogens with zero attached hydrogens (tertiary/aromatic N) is 1. The molecule has 3 rings (SSSR count). The van der Waals surface area contributed by atoms with E-state index in [9.17, 15) is 4.79 Å². The standard InChI is InChI=1S/C21H26N2O2/c1-22-14-17-8-7-13-23(15-17)21(24)20-12-6-5-9-18(20)16-25-19-10-3-2-4-11-19/h2-6,9-12,17,22H,7-8,13-16H2,1H3. The Balaban J connectivity index is 1.70. The minimum atomic E-state index is 0.119. The van der Waals surface area contributed by atoms with Crippen LogP contribution in [-0.4, -0.2) is 37.5 Å². The van der Waals surface area contributed by atoms with Gasteiger partial charge in [-0.05, 0) is 50.6 Å². The maximum atomic E-state index is 13.0. The lowest BCUT2D eigenvalue weighted by molar-refractivity contribution is 0.0671. The van der Waals surface area contributed by atoms with Gasteiger partial charge in [-0.1, -0.05) is 36.4 Å². The predicted octanol–water partition coefficient (Wildman–Crippen LogP) is 3.34. The van der Waals surface area contributed by atoms with Crippen molar-refractivity contribution < 1.29 is 9.53 Å². The largest absolute Gasteiger partial charge is 0.489 e. The summed E-state index contributed by atoms with van der Waals surface area (Å²) in [6.07, 6.45) is 2.25. The number of benzene rings is 2. The third-order valence-electron chi connectivity index (χ3n) is 4.68. The zero-order valence-corrected chi connectivity index (χ0v) is 14.8. The van der Waals surface area contributed by atoms with Crippen LogP contribution in [0.15, 0.2) is 54.6 Å². The summed E-state index contributed by atoms with van der Waals surface area (Å²) >= 11 is 0. The molecule has 0 bridgehead atoms. The van der Waals surface area contributed by atoms with E-state index in [0.29, 0.717) is 12.5 Å². The number of carbonyl (C=O) groups excluding carboxylic acids is 1. The van der Waals surface area contributed by atoms with E-state index in [4.69, 9.17) is 4.74 Å². The number of rotatable bonds is 6. The highest BCUT2D eigenvalue weighted by Gasteiger charge is 2.25. The van der Waals surface area contributed by atoms with Gasteiger partial charge in [0.1, 0.15) is 12.4 Å². The highest BCUT2D eigenvalue weighted by molar-refractivity contribution is 5.95. The molecule has 1 aliphatic rings. The van der Waals surface area contributed by atoms with Crippen molar-refractivity contribution in [3.05, 3.63) is 65.7 Å². The quantitative estimate of drug-likeness (QED) is 0.878. The van der Waals surface area contributed by atoms with Crippen LogP contribution >= 0.6 is 0 Å². The Bertz CT molecular complexity index is 685.